The molecule has 0 spiro atoms. The average Bonchev–Trinajstić information content (AvgIpc) is 2.71. The molecule has 0 unspecified atom stereocenters. The van der Waals surface area contributed by atoms with Crippen LogP contribution in [0, 0.1) is 0 Å². The van der Waals surface area contributed by atoms with Gasteiger partial charge in [-0.2, -0.15) is 0 Å². The van der Waals surface area contributed by atoms with Gasteiger partial charge in [0, 0.05) is 31.8 Å². The monoisotopic (exact) mass is 397 g/mol. The maximum absolute atomic E-state index is 12.4. The first kappa shape index (κ1) is 20.2. The third-order valence-electron chi connectivity index (χ3n) is 4.47. The van der Waals surface area contributed by atoms with Gasteiger partial charge in [-0.15, -0.1) is 0 Å². The Bertz CT molecular complexity index is 955. The van der Waals surface area contributed by atoms with Crippen LogP contribution in [-0.4, -0.2) is 50.4 Å². The fraction of sp³-hybridized carbons (Fsp3) is 0.286. The largest absolute Gasteiger partial charge is 0.495 e. The summed E-state index contributed by atoms with van der Waals surface area (Å²) in [6, 6.07) is 10.1. The van der Waals surface area contributed by atoms with Crippen molar-refractivity contribution in [1.29, 1.82) is 0 Å². The second-order valence-electron chi connectivity index (χ2n) is 6.82. The number of ether oxygens (including phenoxy) is 2. The zero-order valence-electron chi connectivity index (χ0n) is 16.6. The zero-order valence-corrected chi connectivity index (χ0v) is 16.6. The third kappa shape index (κ3) is 4.84. The summed E-state index contributed by atoms with van der Waals surface area (Å²) in [5.41, 5.74) is 2.56. The third-order valence-corrected chi connectivity index (χ3v) is 4.47. The van der Waals surface area contributed by atoms with Crippen LogP contribution in [0.2, 0.25) is 0 Å². The Morgan fingerprint density at radius 2 is 1.93 bits per heavy atom. The molecule has 29 heavy (non-hydrogen) atoms. The molecule has 2 N–H and O–H groups in total. The lowest BCUT2D eigenvalue weighted by Gasteiger charge is -2.18. The predicted molar refractivity (Wildman–Crippen MR) is 109 cm³/mol. The normalized spacial score (nSPS) is 12.4. The van der Waals surface area contributed by atoms with E-state index in [9.17, 15) is 14.4 Å². The van der Waals surface area contributed by atoms with Crippen LogP contribution in [0.4, 0.5) is 11.4 Å². The summed E-state index contributed by atoms with van der Waals surface area (Å²) in [6.07, 6.45) is 1.06. The zero-order chi connectivity index (χ0) is 21.0. The van der Waals surface area contributed by atoms with E-state index in [0.717, 1.165) is 11.3 Å². The summed E-state index contributed by atoms with van der Waals surface area (Å²) in [6.45, 7) is -0.208. The Hall–Kier alpha value is -3.55. The Balaban J connectivity index is 1.65. The Morgan fingerprint density at radius 3 is 2.66 bits per heavy atom. The van der Waals surface area contributed by atoms with Crippen LogP contribution >= 0.6 is 0 Å². The van der Waals surface area contributed by atoms with Crippen LogP contribution in [-0.2, 0) is 16.0 Å². The molecular weight excluding hydrogens is 374 g/mol. The van der Waals surface area contributed by atoms with E-state index in [1.165, 1.54) is 12.0 Å². The molecule has 0 aromatic heterocycles. The van der Waals surface area contributed by atoms with Crippen molar-refractivity contribution < 1.29 is 23.9 Å². The summed E-state index contributed by atoms with van der Waals surface area (Å²) >= 11 is 0. The number of hydrogen-bond acceptors (Lipinski definition) is 5. The van der Waals surface area contributed by atoms with E-state index in [0.29, 0.717) is 35.6 Å². The van der Waals surface area contributed by atoms with Gasteiger partial charge in [-0.25, -0.2) is 0 Å². The van der Waals surface area contributed by atoms with Crippen LogP contribution in [0.3, 0.4) is 0 Å². The van der Waals surface area contributed by atoms with Crippen molar-refractivity contribution >= 4 is 29.1 Å². The highest BCUT2D eigenvalue weighted by atomic mass is 16.5. The fourth-order valence-electron chi connectivity index (χ4n) is 2.98. The Morgan fingerprint density at radius 1 is 1.14 bits per heavy atom. The highest BCUT2D eigenvalue weighted by Crippen LogP contribution is 2.28. The molecule has 1 aliphatic rings. The first-order valence-electron chi connectivity index (χ1n) is 9.12. The van der Waals surface area contributed by atoms with Gasteiger partial charge in [0.1, 0.15) is 11.5 Å². The molecule has 0 radical (unpaired) electrons. The average molecular weight is 397 g/mol. The van der Waals surface area contributed by atoms with E-state index in [2.05, 4.69) is 10.6 Å². The molecular formula is C21H23N3O5. The van der Waals surface area contributed by atoms with Crippen molar-refractivity contribution in [2.45, 2.75) is 12.8 Å². The smallest absolute Gasteiger partial charge is 0.262 e. The molecule has 1 aliphatic heterocycles. The molecule has 0 atom stereocenters. The highest BCUT2D eigenvalue weighted by Gasteiger charge is 2.16. The van der Waals surface area contributed by atoms with E-state index in [1.54, 1.807) is 44.4 Å². The molecule has 2 aromatic rings. The van der Waals surface area contributed by atoms with Crippen molar-refractivity contribution in [1.82, 2.24) is 4.90 Å². The molecule has 0 bridgehead atoms. The fourth-order valence-corrected chi connectivity index (χ4v) is 2.98. The maximum atomic E-state index is 12.4. The van der Waals surface area contributed by atoms with Gasteiger partial charge in [0.2, 0.25) is 5.91 Å². The highest BCUT2D eigenvalue weighted by molar-refractivity contribution is 5.98. The van der Waals surface area contributed by atoms with E-state index >= 15 is 0 Å². The molecule has 0 saturated heterocycles. The first-order chi connectivity index (χ1) is 13.9. The lowest BCUT2D eigenvalue weighted by atomic mass is 10.0. The van der Waals surface area contributed by atoms with E-state index in [4.69, 9.17) is 9.47 Å². The van der Waals surface area contributed by atoms with Gasteiger partial charge < -0.3 is 25.0 Å². The van der Waals surface area contributed by atoms with Crippen molar-refractivity contribution in [2.75, 3.05) is 38.4 Å². The minimum Gasteiger partial charge on any atom is -0.495 e. The van der Waals surface area contributed by atoms with Gasteiger partial charge >= 0.3 is 0 Å². The second kappa shape index (κ2) is 8.64. The van der Waals surface area contributed by atoms with Crippen molar-refractivity contribution in [3.05, 3.63) is 47.5 Å². The first-order valence-corrected chi connectivity index (χ1v) is 9.12. The Kier molecular flexibility index (Phi) is 6.01. The van der Waals surface area contributed by atoms with Crippen LogP contribution in [0.15, 0.2) is 36.4 Å². The van der Waals surface area contributed by atoms with Gasteiger partial charge in [0.25, 0.3) is 11.8 Å². The van der Waals surface area contributed by atoms with Gasteiger partial charge in [-0.1, -0.05) is 0 Å². The van der Waals surface area contributed by atoms with Crippen LogP contribution in [0.1, 0.15) is 22.3 Å². The number of fused-ring (bicyclic) bond motifs is 1. The number of benzene rings is 2. The molecule has 3 rings (SSSR count). The van der Waals surface area contributed by atoms with Crippen LogP contribution < -0.4 is 20.1 Å². The predicted octanol–water partition coefficient (Wildman–Crippen LogP) is 2.30. The number of rotatable bonds is 6. The number of methoxy groups -OCH3 is 1. The summed E-state index contributed by atoms with van der Waals surface area (Å²) in [5, 5.41) is 5.52. The minimum atomic E-state index is -0.385. The van der Waals surface area contributed by atoms with Gasteiger partial charge in [-0.05, 0) is 48.4 Å². The van der Waals surface area contributed by atoms with Crippen molar-refractivity contribution in [3.8, 4) is 11.5 Å². The number of anilines is 2. The number of nitrogens with one attached hydrogen (secondary N) is 2. The van der Waals surface area contributed by atoms with Gasteiger partial charge in [0.05, 0.1) is 12.8 Å². The van der Waals surface area contributed by atoms with E-state index < -0.39 is 0 Å². The van der Waals surface area contributed by atoms with Crippen LogP contribution in [0.25, 0.3) is 0 Å². The summed E-state index contributed by atoms with van der Waals surface area (Å²) in [7, 11) is 4.80. The number of nitrogens with zero attached hydrogens (tertiary/aromatic N) is 1. The molecule has 8 heteroatoms. The van der Waals surface area contributed by atoms with Crippen molar-refractivity contribution in [3.63, 3.8) is 0 Å². The number of amides is 3. The molecule has 1 heterocycles. The van der Waals surface area contributed by atoms with Crippen molar-refractivity contribution in [2.24, 2.45) is 0 Å². The quantitative estimate of drug-likeness (QED) is 0.780. The number of carbonyl (C=O) groups is 3. The maximum Gasteiger partial charge on any atom is 0.262 e. The summed E-state index contributed by atoms with van der Waals surface area (Å²) in [4.78, 5) is 37.4. The molecule has 0 saturated carbocycles. The standard InChI is InChI=1S/C21H23N3O5/c1-24(2)21(27)14-4-8-18(28-3)17(11-14)23-20(26)12-29-15-6-7-16-13(10-15)5-9-19(25)22-16/h4,6-8,10-11H,5,9,12H2,1-3H3,(H,22,25)(H,23,26). The van der Waals surface area contributed by atoms with E-state index in [-0.39, 0.29) is 24.3 Å². The summed E-state index contributed by atoms with van der Waals surface area (Å²) in [5.74, 6) is 0.413. The molecule has 2 aromatic carbocycles. The Labute approximate surface area is 168 Å². The van der Waals surface area contributed by atoms with Crippen LogP contribution in [0.5, 0.6) is 11.5 Å². The molecule has 0 aliphatic carbocycles. The number of hydrogen-bond donors (Lipinski definition) is 2. The number of carbonyl (C=O) groups excluding carboxylic acids is 3. The second-order valence-corrected chi connectivity index (χ2v) is 6.82. The molecule has 152 valence electrons. The molecule has 3 amide bonds. The lowest BCUT2D eigenvalue weighted by Crippen LogP contribution is -2.23. The number of aryl methyl sites for hydroxylation is 1. The van der Waals surface area contributed by atoms with Gasteiger partial charge in [0.15, 0.2) is 6.61 Å². The lowest BCUT2D eigenvalue weighted by molar-refractivity contribution is -0.118. The topological polar surface area (TPSA) is 97.0 Å². The van der Waals surface area contributed by atoms with E-state index in [1.807, 2.05) is 6.07 Å². The SMILES string of the molecule is COc1ccc(C(=O)N(C)C)cc1NC(=O)COc1ccc2c(c1)CCC(=O)N2. The summed E-state index contributed by atoms with van der Waals surface area (Å²) < 4.78 is 10.8. The molecule has 8 nitrogen and oxygen atoms in total. The molecule has 0 fully saturated rings. The minimum absolute atomic E-state index is 0.00512. The van der Waals surface area contributed by atoms with Gasteiger partial charge in [-0.3, -0.25) is 14.4 Å².